The molecule has 0 aliphatic rings. The van der Waals surface area contributed by atoms with Crippen LogP contribution in [0.25, 0.3) is 0 Å². The van der Waals surface area contributed by atoms with Crippen LogP contribution in [0.1, 0.15) is 38.7 Å². The van der Waals surface area contributed by atoms with Crippen molar-refractivity contribution in [2.75, 3.05) is 0 Å². The van der Waals surface area contributed by atoms with Crippen LogP contribution in [0.15, 0.2) is 24.3 Å². The summed E-state index contributed by atoms with van der Waals surface area (Å²) in [4.78, 5) is 0. The molecule has 2 atom stereocenters. The number of rotatable bonds is 3. The second-order valence-electron chi connectivity index (χ2n) is 3.70. The first-order chi connectivity index (χ1) is 6.16. The highest BCUT2D eigenvalue weighted by Crippen LogP contribution is 2.30. The zero-order valence-corrected chi connectivity index (χ0v) is 9.31. The molecule has 72 valence electrons. The van der Waals surface area contributed by atoms with E-state index in [1.807, 2.05) is 12.1 Å². The first-order valence-corrected chi connectivity index (χ1v) is 5.29. The van der Waals surface area contributed by atoms with Gasteiger partial charge in [0.2, 0.25) is 0 Å². The maximum atomic E-state index is 6.12. The van der Waals surface area contributed by atoms with Crippen molar-refractivity contribution in [2.45, 2.75) is 33.1 Å². The quantitative estimate of drug-likeness (QED) is 0.668. The summed E-state index contributed by atoms with van der Waals surface area (Å²) in [5.74, 6) is 1.25. The molecule has 0 bridgehead atoms. The van der Waals surface area contributed by atoms with Gasteiger partial charge in [0.1, 0.15) is 0 Å². The van der Waals surface area contributed by atoms with Crippen LogP contribution in [0, 0.1) is 5.92 Å². The molecule has 1 heteroatoms. The second kappa shape index (κ2) is 4.66. The SMILES string of the molecule is CCC(C)C(C)c1ccccc1Cl. The minimum absolute atomic E-state index is 0.554. The van der Waals surface area contributed by atoms with Crippen molar-refractivity contribution in [3.8, 4) is 0 Å². The van der Waals surface area contributed by atoms with Crippen LogP contribution < -0.4 is 0 Å². The van der Waals surface area contributed by atoms with E-state index in [-0.39, 0.29) is 0 Å². The maximum absolute atomic E-state index is 6.12. The average molecular weight is 197 g/mol. The summed E-state index contributed by atoms with van der Waals surface area (Å²) in [5, 5.41) is 0.898. The van der Waals surface area contributed by atoms with E-state index in [1.165, 1.54) is 12.0 Å². The van der Waals surface area contributed by atoms with Crippen molar-refractivity contribution in [2.24, 2.45) is 5.92 Å². The normalized spacial score (nSPS) is 15.4. The van der Waals surface area contributed by atoms with Gasteiger partial charge in [0.15, 0.2) is 0 Å². The Hall–Kier alpha value is -0.490. The Balaban J connectivity index is 2.88. The molecule has 1 rings (SSSR count). The zero-order valence-electron chi connectivity index (χ0n) is 8.55. The molecule has 0 amide bonds. The third kappa shape index (κ3) is 2.47. The van der Waals surface area contributed by atoms with E-state index in [0.717, 1.165) is 5.02 Å². The number of benzene rings is 1. The standard InChI is InChI=1S/C12H17Cl/c1-4-9(2)10(3)11-7-5-6-8-12(11)13/h5-10H,4H2,1-3H3. The smallest absolute Gasteiger partial charge is 0.0440 e. The van der Waals surface area contributed by atoms with Crippen molar-refractivity contribution in [1.82, 2.24) is 0 Å². The summed E-state index contributed by atoms with van der Waals surface area (Å²) in [5.41, 5.74) is 1.28. The summed E-state index contributed by atoms with van der Waals surface area (Å²) in [6.45, 7) is 6.74. The second-order valence-corrected chi connectivity index (χ2v) is 4.10. The lowest BCUT2D eigenvalue weighted by atomic mass is 9.87. The third-order valence-electron chi connectivity index (χ3n) is 2.89. The van der Waals surface area contributed by atoms with Gasteiger partial charge in [-0.25, -0.2) is 0 Å². The lowest BCUT2D eigenvalue weighted by molar-refractivity contribution is 0.473. The van der Waals surface area contributed by atoms with Gasteiger partial charge < -0.3 is 0 Å². The largest absolute Gasteiger partial charge is 0.0840 e. The molecule has 0 saturated heterocycles. The van der Waals surface area contributed by atoms with E-state index in [4.69, 9.17) is 11.6 Å². The van der Waals surface area contributed by atoms with Gasteiger partial charge in [-0.1, -0.05) is 57.0 Å². The number of halogens is 1. The number of hydrogen-bond acceptors (Lipinski definition) is 0. The van der Waals surface area contributed by atoms with Crippen LogP contribution in [-0.2, 0) is 0 Å². The van der Waals surface area contributed by atoms with E-state index in [9.17, 15) is 0 Å². The Morgan fingerprint density at radius 3 is 2.38 bits per heavy atom. The molecule has 0 heterocycles. The molecule has 1 aromatic carbocycles. The van der Waals surface area contributed by atoms with Gasteiger partial charge in [-0.2, -0.15) is 0 Å². The molecule has 1 aromatic rings. The van der Waals surface area contributed by atoms with Crippen LogP contribution in [0.5, 0.6) is 0 Å². The molecule has 0 aliphatic heterocycles. The predicted octanol–water partition coefficient (Wildman–Crippen LogP) is 4.49. The summed E-state index contributed by atoms with van der Waals surface area (Å²) in [6, 6.07) is 8.13. The Morgan fingerprint density at radius 1 is 1.23 bits per heavy atom. The first kappa shape index (κ1) is 10.6. The molecule has 0 fully saturated rings. The van der Waals surface area contributed by atoms with E-state index < -0.39 is 0 Å². The van der Waals surface area contributed by atoms with E-state index in [0.29, 0.717) is 11.8 Å². The predicted molar refractivity (Wildman–Crippen MR) is 59.3 cm³/mol. The number of hydrogen-bond donors (Lipinski definition) is 0. The molecule has 2 unspecified atom stereocenters. The van der Waals surface area contributed by atoms with E-state index >= 15 is 0 Å². The molecular formula is C12H17Cl. The molecular weight excluding hydrogens is 180 g/mol. The minimum Gasteiger partial charge on any atom is -0.0840 e. The molecule has 0 aromatic heterocycles. The van der Waals surface area contributed by atoms with E-state index in [2.05, 4.69) is 32.9 Å². The van der Waals surface area contributed by atoms with Crippen molar-refractivity contribution < 1.29 is 0 Å². The molecule has 0 radical (unpaired) electrons. The zero-order chi connectivity index (χ0) is 9.84. The van der Waals surface area contributed by atoms with Gasteiger partial charge in [-0.15, -0.1) is 0 Å². The van der Waals surface area contributed by atoms with Crippen molar-refractivity contribution in [3.05, 3.63) is 34.9 Å². The maximum Gasteiger partial charge on any atom is 0.0440 e. The van der Waals surface area contributed by atoms with Crippen LogP contribution in [-0.4, -0.2) is 0 Å². The van der Waals surface area contributed by atoms with Gasteiger partial charge in [-0.3, -0.25) is 0 Å². The third-order valence-corrected chi connectivity index (χ3v) is 3.24. The van der Waals surface area contributed by atoms with Crippen LogP contribution in [0.2, 0.25) is 5.02 Å². The molecule has 0 saturated carbocycles. The fraction of sp³-hybridized carbons (Fsp3) is 0.500. The van der Waals surface area contributed by atoms with E-state index in [1.54, 1.807) is 0 Å². The molecule has 0 spiro atoms. The van der Waals surface area contributed by atoms with Crippen LogP contribution in [0.4, 0.5) is 0 Å². The Morgan fingerprint density at radius 2 is 1.85 bits per heavy atom. The fourth-order valence-corrected chi connectivity index (χ4v) is 1.81. The van der Waals surface area contributed by atoms with Crippen molar-refractivity contribution >= 4 is 11.6 Å². The fourth-order valence-electron chi connectivity index (χ4n) is 1.50. The molecule has 13 heavy (non-hydrogen) atoms. The molecule has 0 aliphatic carbocycles. The lowest BCUT2D eigenvalue weighted by Gasteiger charge is -2.19. The Kier molecular flexibility index (Phi) is 3.80. The summed E-state index contributed by atoms with van der Waals surface area (Å²) in [6.07, 6.45) is 1.20. The highest BCUT2D eigenvalue weighted by atomic mass is 35.5. The van der Waals surface area contributed by atoms with Gasteiger partial charge in [0.05, 0.1) is 0 Å². The van der Waals surface area contributed by atoms with Gasteiger partial charge in [0, 0.05) is 5.02 Å². The summed E-state index contributed by atoms with van der Waals surface area (Å²) < 4.78 is 0. The van der Waals surface area contributed by atoms with Crippen molar-refractivity contribution in [1.29, 1.82) is 0 Å². The minimum atomic E-state index is 0.554. The van der Waals surface area contributed by atoms with Gasteiger partial charge in [-0.05, 0) is 23.5 Å². The highest BCUT2D eigenvalue weighted by Gasteiger charge is 2.14. The van der Waals surface area contributed by atoms with Gasteiger partial charge >= 0.3 is 0 Å². The van der Waals surface area contributed by atoms with Crippen LogP contribution in [0.3, 0.4) is 0 Å². The lowest BCUT2D eigenvalue weighted by Crippen LogP contribution is -2.05. The summed E-state index contributed by atoms with van der Waals surface area (Å²) >= 11 is 6.12. The van der Waals surface area contributed by atoms with Crippen LogP contribution >= 0.6 is 11.6 Å². The molecule has 0 N–H and O–H groups in total. The topological polar surface area (TPSA) is 0 Å². The Labute approximate surface area is 85.9 Å². The summed E-state index contributed by atoms with van der Waals surface area (Å²) in [7, 11) is 0. The monoisotopic (exact) mass is 196 g/mol. The Bertz CT molecular complexity index is 268. The average Bonchev–Trinajstić information content (AvgIpc) is 2.16. The first-order valence-electron chi connectivity index (χ1n) is 4.91. The highest BCUT2D eigenvalue weighted by molar-refractivity contribution is 6.31. The van der Waals surface area contributed by atoms with Crippen molar-refractivity contribution in [3.63, 3.8) is 0 Å². The molecule has 0 nitrogen and oxygen atoms in total. The van der Waals surface area contributed by atoms with Gasteiger partial charge in [0.25, 0.3) is 0 Å².